The third-order valence-corrected chi connectivity index (χ3v) is 2.85. The van der Waals surface area contributed by atoms with Crippen molar-refractivity contribution in [1.82, 2.24) is 5.43 Å². The molecular formula is C14H11ClN2O4. The monoisotopic (exact) mass is 306 g/mol. The van der Waals surface area contributed by atoms with E-state index in [4.69, 9.17) is 11.6 Å². The number of aromatic hydroxyl groups is 3. The molecule has 0 unspecified atom stereocenters. The van der Waals surface area contributed by atoms with Gasteiger partial charge in [-0.3, -0.25) is 4.79 Å². The molecular weight excluding hydrogens is 296 g/mol. The minimum Gasteiger partial charge on any atom is -0.507 e. The summed E-state index contributed by atoms with van der Waals surface area (Å²) in [5.74, 6) is -1.53. The Balaban J connectivity index is 2.12. The first-order chi connectivity index (χ1) is 9.99. The van der Waals surface area contributed by atoms with Crippen LogP contribution < -0.4 is 5.43 Å². The number of phenolic OH excluding ortho intramolecular Hbond substituents is 3. The maximum atomic E-state index is 11.8. The number of halogens is 1. The van der Waals surface area contributed by atoms with Gasteiger partial charge in [0.1, 0.15) is 5.75 Å². The van der Waals surface area contributed by atoms with Gasteiger partial charge in [0.05, 0.1) is 11.8 Å². The van der Waals surface area contributed by atoms with Crippen molar-refractivity contribution in [3.63, 3.8) is 0 Å². The van der Waals surface area contributed by atoms with Crippen LogP contribution in [0, 0.1) is 0 Å². The molecule has 0 aromatic heterocycles. The fourth-order valence-corrected chi connectivity index (χ4v) is 1.74. The van der Waals surface area contributed by atoms with E-state index in [1.807, 2.05) is 0 Å². The van der Waals surface area contributed by atoms with Crippen molar-refractivity contribution in [3.8, 4) is 17.2 Å². The van der Waals surface area contributed by atoms with Crippen molar-refractivity contribution in [2.45, 2.75) is 0 Å². The summed E-state index contributed by atoms with van der Waals surface area (Å²) in [6.07, 6.45) is 1.16. The molecule has 108 valence electrons. The van der Waals surface area contributed by atoms with E-state index in [9.17, 15) is 20.1 Å². The molecule has 0 aliphatic rings. The maximum absolute atomic E-state index is 11.8. The smallest absolute Gasteiger partial charge is 0.275 e. The van der Waals surface area contributed by atoms with Gasteiger partial charge in [-0.1, -0.05) is 17.7 Å². The SMILES string of the molecule is O=C(N/N=C/c1cccc(O)c1O)c1cc(Cl)ccc1O. The van der Waals surface area contributed by atoms with Crippen LogP contribution in [0.2, 0.25) is 5.02 Å². The number of carbonyl (C=O) groups excluding carboxylic acids is 1. The van der Waals surface area contributed by atoms with Gasteiger partial charge in [0.15, 0.2) is 11.5 Å². The van der Waals surface area contributed by atoms with Crippen LogP contribution in [0.15, 0.2) is 41.5 Å². The third kappa shape index (κ3) is 3.43. The van der Waals surface area contributed by atoms with E-state index in [-0.39, 0.29) is 28.4 Å². The second-order valence-electron chi connectivity index (χ2n) is 4.08. The van der Waals surface area contributed by atoms with Crippen molar-refractivity contribution in [2.75, 3.05) is 0 Å². The maximum Gasteiger partial charge on any atom is 0.275 e. The summed E-state index contributed by atoms with van der Waals surface area (Å²) in [4.78, 5) is 11.8. The fourth-order valence-electron chi connectivity index (χ4n) is 1.56. The van der Waals surface area contributed by atoms with Gasteiger partial charge in [0.2, 0.25) is 0 Å². The molecule has 6 nitrogen and oxygen atoms in total. The molecule has 0 aliphatic heterocycles. The Bertz CT molecular complexity index is 716. The summed E-state index contributed by atoms with van der Waals surface area (Å²) in [5, 5.41) is 32.4. The fraction of sp³-hybridized carbons (Fsp3) is 0. The number of hydrazone groups is 1. The molecule has 2 aromatic rings. The Morgan fingerprint density at radius 3 is 2.67 bits per heavy atom. The van der Waals surface area contributed by atoms with Gasteiger partial charge in [-0.05, 0) is 30.3 Å². The summed E-state index contributed by atoms with van der Waals surface area (Å²) in [7, 11) is 0. The van der Waals surface area contributed by atoms with Crippen LogP contribution in [0.4, 0.5) is 0 Å². The molecule has 2 aromatic carbocycles. The van der Waals surface area contributed by atoms with Crippen molar-refractivity contribution in [3.05, 3.63) is 52.5 Å². The highest BCUT2D eigenvalue weighted by Crippen LogP contribution is 2.26. The lowest BCUT2D eigenvalue weighted by Crippen LogP contribution is -2.17. The van der Waals surface area contributed by atoms with Gasteiger partial charge in [0.25, 0.3) is 5.91 Å². The molecule has 0 heterocycles. The molecule has 2 rings (SSSR count). The predicted octanol–water partition coefficient (Wildman–Crippen LogP) is 2.22. The van der Waals surface area contributed by atoms with Crippen LogP contribution in [0.5, 0.6) is 17.2 Å². The van der Waals surface area contributed by atoms with Gasteiger partial charge >= 0.3 is 0 Å². The highest BCUT2D eigenvalue weighted by Gasteiger charge is 2.11. The van der Waals surface area contributed by atoms with E-state index in [1.54, 1.807) is 0 Å². The Morgan fingerprint density at radius 1 is 1.14 bits per heavy atom. The zero-order valence-corrected chi connectivity index (χ0v) is 11.4. The lowest BCUT2D eigenvalue weighted by molar-refractivity contribution is 0.0952. The van der Waals surface area contributed by atoms with Gasteiger partial charge in [-0.2, -0.15) is 5.10 Å². The third-order valence-electron chi connectivity index (χ3n) is 2.62. The van der Waals surface area contributed by atoms with E-state index in [0.717, 1.165) is 6.21 Å². The highest BCUT2D eigenvalue weighted by molar-refractivity contribution is 6.31. The Kier molecular flexibility index (Phi) is 4.30. The number of amides is 1. The van der Waals surface area contributed by atoms with Crippen LogP contribution in [0.1, 0.15) is 15.9 Å². The quantitative estimate of drug-likeness (QED) is 0.396. The summed E-state index contributed by atoms with van der Waals surface area (Å²) in [5.41, 5.74) is 2.38. The number of benzene rings is 2. The lowest BCUT2D eigenvalue weighted by Gasteiger charge is -2.04. The van der Waals surface area contributed by atoms with Crippen LogP contribution in [0.3, 0.4) is 0 Å². The number of hydrogen-bond donors (Lipinski definition) is 4. The molecule has 7 heteroatoms. The molecule has 21 heavy (non-hydrogen) atoms. The van der Waals surface area contributed by atoms with Crippen LogP contribution in [-0.2, 0) is 0 Å². The van der Waals surface area contributed by atoms with Gasteiger partial charge in [-0.15, -0.1) is 0 Å². The molecule has 0 fully saturated rings. The standard InChI is InChI=1S/C14H11ClN2O4/c15-9-4-5-11(18)10(6-9)14(21)17-16-7-8-2-1-3-12(19)13(8)20/h1-7,18-20H,(H,17,21)/b16-7+. The van der Waals surface area contributed by atoms with Crippen molar-refractivity contribution < 1.29 is 20.1 Å². The highest BCUT2D eigenvalue weighted by atomic mass is 35.5. The second kappa shape index (κ2) is 6.15. The van der Waals surface area contributed by atoms with Crippen molar-refractivity contribution in [2.24, 2.45) is 5.10 Å². The predicted molar refractivity (Wildman–Crippen MR) is 77.9 cm³/mol. The molecule has 4 N–H and O–H groups in total. The van der Waals surface area contributed by atoms with E-state index in [2.05, 4.69) is 10.5 Å². The van der Waals surface area contributed by atoms with E-state index >= 15 is 0 Å². The molecule has 0 atom stereocenters. The van der Waals surface area contributed by atoms with E-state index in [1.165, 1.54) is 36.4 Å². The van der Waals surface area contributed by atoms with Crippen LogP contribution in [-0.4, -0.2) is 27.4 Å². The van der Waals surface area contributed by atoms with Crippen LogP contribution in [0.25, 0.3) is 0 Å². The lowest BCUT2D eigenvalue weighted by atomic mass is 10.2. The molecule has 0 saturated carbocycles. The number of hydrogen-bond acceptors (Lipinski definition) is 5. The average Bonchev–Trinajstić information content (AvgIpc) is 2.46. The van der Waals surface area contributed by atoms with E-state index < -0.39 is 5.91 Å². The molecule has 0 spiro atoms. The number of nitrogens with one attached hydrogen (secondary N) is 1. The minimum absolute atomic E-state index is 0.0280. The van der Waals surface area contributed by atoms with Crippen molar-refractivity contribution in [1.29, 1.82) is 0 Å². The average molecular weight is 307 g/mol. The number of rotatable bonds is 3. The summed E-state index contributed by atoms with van der Waals surface area (Å²) < 4.78 is 0. The Morgan fingerprint density at radius 2 is 1.90 bits per heavy atom. The number of carbonyl (C=O) groups is 1. The second-order valence-corrected chi connectivity index (χ2v) is 4.51. The largest absolute Gasteiger partial charge is 0.507 e. The molecule has 0 aliphatic carbocycles. The normalized spacial score (nSPS) is 10.7. The number of nitrogens with zero attached hydrogens (tertiary/aromatic N) is 1. The molecule has 0 saturated heterocycles. The molecule has 1 amide bonds. The first-order valence-corrected chi connectivity index (χ1v) is 6.19. The first-order valence-electron chi connectivity index (χ1n) is 5.82. The first kappa shape index (κ1) is 14.7. The zero-order valence-electron chi connectivity index (χ0n) is 10.6. The Hall–Kier alpha value is -2.73. The molecule has 0 radical (unpaired) electrons. The summed E-state index contributed by atoms with van der Waals surface area (Å²) in [6.45, 7) is 0. The topological polar surface area (TPSA) is 102 Å². The Labute approximate surface area is 124 Å². The minimum atomic E-state index is -0.661. The number of phenols is 3. The number of para-hydroxylation sites is 1. The van der Waals surface area contributed by atoms with Gasteiger partial charge in [0, 0.05) is 10.6 Å². The zero-order chi connectivity index (χ0) is 15.4. The van der Waals surface area contributed by atoms with Gasteiger partial charge < -0.3 is 15.3 Å². The van der Waals surface area contributed by atoms with Gasteiger partial charge in [-0.25, -0.2) is 5.43 Å². The van der Waals surface area contributed by atoms with Crippen molar-refractivity contribution >= 4 is 23.7 Å². The molecule has 0 bridgehead atoms. The van der Waals surface area contributed by atoms with E-state index in [0.29, 0.717) is 5.02 Å². The van der Waals surface area contributed by atoms with Crippen LogP contribution >= 0.6 is 11.6 Å². The summed E-state index contributed by atoms with van der Waals surface area (Å²) >= 11 is 5.74. The summed E-state index contributed by atoms with van der Waals surface area (Å²) in [6, 6.07) is 8.37.